The van der Waals surface area contributed by atoms with Gasteiger partial charge in [0.2, 0.25) is 0 Å². The number of aromatic nitrogens is 3. The van der Waals surface area contributed by atoms with E-state index in [-0.39, 0.29) is 5.56 Å². The summed E-state index contributed by atoms with van der Waals surface area (Å²) in [5.41, 5.74) is 12.8. The summed E-state index contributed by atoms with van der Waals surface area (Å²) in [4.78, 5) is 23.1. The molecule has 0 amide bonds. The molecule has 0 bridgehead atoms. The van der Waals surface area contributed by atoms with E-state index >= 15 is 0 Å². The van der Waals surface area contributed by atoms with Crippen LogP contribution in [0.2, 0.25) is 0 Å². The molecular weight excluding hydrogens is 434 g/mol. The van der Waals surface area contributed by atoms with E-state index in [1.165, 1.54) is 22.0 Å². The molecule has 35 heavy (non-hydrogen) atoms. The van der Waals surface area contributed by atoms with E-state index in [1.54, 1.807) is 0 Å². The molecule has 5 aromatic rings. The minimum Gasteiger partial charge on any atom is -0.399 e. The van der Waals surface area contributed by atoms with Gasteiger partial charge in [0.05, 0.1) is 11.3 Å². The summed E-state index contributed by atoms with van der Waals surface area (Å²) in [6, 6.07) is 26.5. The molecule has 0 aliphatic carbocycles. The van der Waals surface area contributed by atoms with Gasteiger partial charge in [-0.3, -0.25) is 9.69 Å². The lowest BCUT2D eigenvalue weighted by molar-refractivity contribution is 0.242. The van der Waals surface area contributed by atoms with Crippen LogP contribution in [0, 0.1) is 0 Å². The third kappa shape index (κ3) is 4.24. The number of aromatic amines is 1. The van der Waals surface area contributed by atoms with E-state index in [1.807, 2.05) is 30.3 Å². The van der Waals surface area contributed by atoms with Gasteiger partial charge in [-0.15, -0.1) is 0 Å². The van der Waals surface area contributed by atoms with Crippen molar-refractivity contribution in [1.29, 1.82) is 0 Å². The number of H-pyrrole nitrogens is 1. The van der Waals surface area contributed by atoms with Gasteiger partial charge in [0.1, 0.15) is 5.82 Å². The average molecular weight is 462 g/mol. The second-order valence-electron chi connectivity index (χ2n) is 9.21. The lowest BCUT2D eigenvalue weighted by Gasteiger charge is -2.27. The number of nitrogen functional groups attached to an aromatic ring is 1. The summed E-state index contributed by atoms with van der Waals surface area (Å²) in [6.07, 6.45) is 3.02. The van der Waals surface area contributed by atoms with Crippen molar-refractivity contribution in [2.24, 2.45) is 0 Å². The minimum absolute atomic E-state index is 0.0574. The molecule has 0 unspecified atom stereocenters. The lowest BCUT2D eigenvalue weighted by Crippen LogP contribution is -2.35. The van der Waals surface area contributed by atoms with Crippen molar-refractivity contribution in [2.45, 2.75) is 26.1 Å². The van der Waals surface area contributed by atoms with Gasteiger partial charge < -0.3 is 15.3 Å². The van der Waals surface area contributed by atoms with Gasteiger partial charge in [0.25, 0.3) is 5.56 Å². The normalized spacial score (nSPS) is 13.7. The monoisotopic (exact) mass is 461 g/mol. The van der Waals surface area contributed by atoms with Crippen molar-refractivity contribution in [3.63, 3.8) is 0 Å². The molecule has 0 fully saturated rings. The summed E-state index contributed by atoms with van der Waals surface area (Å²) in [5, 5.41) is 1.26. The van der Waals surface area contributed by atoms with Crippen LogP contribution in [0.4, 0.5) is 5.69 Å². The third-order valence-electron chi connectivity index (χ3n) is 6.79. The molecule has 0 saturated heterocycles. The summed E-state index contributed by atoms with van der Waals surface area (Å²) >= 11 is 0. The number of rotatable bonds is 5. The number of nitrogens with two attached hydrogens (primary N) is 1. The molecule has 0 radical (unpaired) electrons. The fourth-order valence-electron chi connectivity index (χ4n) is 4.99. The highest BCUT2D eigenvalue weighted by Crippen LogP contribution is 2.26. The van der Waals surface area contributed by atoms with Crippen LogP contribution in [0.3, 0.4) is 0 Å². The zero-order valence-electron chi connectivity index (χ0n) is 19.4. The van der Waals surface area contributed by atoms with Crippen molar-refractivity contribution in [1.82, 2.24) is 19.4 Å². The quantitative estimate of drug-likeness (QED) is 0.376. The smallest absolute Gasteiger partial charge is 0.255 e. The molecule has 1 aliphatic rings. The van der Waals surface area contributed by atoms with Crippen LogP contribution in [0.5, 0.6) is 0 Å². The summed E-state index contributed by atoms with van der Waals surface area (Å²) in [6.45, 7) is 3.09. The Hall–Kier alpha value is -4.16. The Morgan fingerprint density at radius 2 is 1.69 bits per heavy atom. The van der Waals surface area contributed by atoms with Gasteiger partial charge in [-0.25, -0.2) is 4.98 Å². The van der Waals surface area contributed by atoms with Gasteiger partial charge in [-0.05, 0) is 41.5 Å². The van der Waals surface area contributed by atoms with Crippen molar-refractivity contribution in [3.8, 4) is 11.4 Å². The molecule has 6 nitrogen and oxygen atoms in total. The molecule has 0 atom stereocenters. The Kier molecular flexibility index (Phi) is 5.43. The van der Waals surface area contributed by atoms with Crippen LogP contribution in [0.1, 0.15) is 22.4 Å². The van der Waals surface area contributed by atoms with E-state index in [9.17, 15) is 4.79 Å². The summed E-state index contributed by atoms with van der Waals surface area (Å²) in [5.74, 6) is 0.603. The van der Waals surface area contributed by atoms with E-state index in [4.69, 9.17) is 10.7 Å². The fraction of sp³-hybridized carbons (Fsp3) is 0.172. The molecule has 174 valence electrons. The Balaban J connectivity index is 1.26. The molecule has 6 rings (SSSR count). The summed E-state index contributed by atoms with van der Waals surface area (Å²) in [7, 11) is 0. The van der Waals surface area contributed by atoms with Gasteiger partial charge in [0.15, 0.2) is 0 Å². The predicted molar refractivity (Wildman–Crippen MR) is 140 cm³/mol. The standard InChI is InChI=1S/C29H27N5O/c30-23-12-10-21(11-13-23)28-31-26-14-15-33(19-25(26)29(35)32-28)17-22-18-34(16-20-6-2-1-3-7-20)27-9-5-4-8-24(22)27/h1-13,18H,14-17,19,30H2,(H,31,32,35). The van der Waals surface area contributed by atoms with E-state index < -0.39 is 0 Å². The van der Waals surface area contributed by atoms with Gasteiger partial charge >= 0.3 is 0 Å². The topological polar surface area (TPSA) is 79.9 Å². The number of nitrogens with one attached hydrogen (secondary N) is 1. The lowest BCUT2D eigenvalue weighted by atomic mass is 10.0. The maximum Gasteiger partial charge on any atom is 0.255 e. The number of hydrogen-bond donors (Lipinski definition) is 2. The Morgan fingerprint density at radius 1 is 0.914 bits per heavy atom. The van der Waals surface area contributed by atoms with Crippen molar-refractivity contribution < 1.29 is 0 Å². The third-order valence-corrected chi connectivity index (χ3v) is 6.79. The molecule has 0 saturated carbocycles. The van der Waals surface area contributed by atoms with Crippen molar-refractivity contribution in [2.75, 3.05) is 12.3 Å². The van der Waals surface area contributed by atoms with Crippen molar-refractivity contribution >= 4 is 16.6 Å². The highest BCUT2D eigenvalue weighted by Gasteiger charge is 2.23. The van der Waals surface area contributed by atoms with Gasteiger partial charge in [0, 0.05) is 61.0 Å². The molecule has 1 aliphatic heterocycles. The molecule has 3 heterocycles. The average Bonchev–Trinajstić information content (AvgIpc) is 3.22. The van der Waals surface area contributed by atoms with Crippen molar-refractivity contribution in [3.05, 3.63) is 118 Å². The minimum atomic E-state index is -0.0574. The maximum atomic E-state index is 13.0. The fourth-order valence-corrected chi connectivity index (χ4v) is 4.99. The second kappa shape index (κ2) is 8.89. The van der Waals surface area contributed by atoms with Crippen LogP contribution >= 0.6 is 0 Å². The first-order valence-electron chi connectivity index (χ1n) is 11.9. The Morgan fingerprint density at radius 3 is 2.51 bits per heavy atom. The van der Waals surface area contributed by atoms with Crippen LogP contribution in [0.15, 0.2) is 89.9 Å². The predicted octanol–water partition coefficient (Wildman–Crippen LogP) is 4.58. The molecule has 0 spiro atoms. The first kappa shape index (κ1) is 21.4. The molecule has 6 heteroatoms. The molecule has 3 N–H and O–H groups in total. The van der Waals surface area contributed by atoms with Crippen LogP contribution in [-0.2, 0) is 26.1 Å². The molecule has 2 aromatic heterocycles. The maximum absolute atomic E-state index is 13.0. The second-order valence-corrected chi connectivity index (χ2v) is 9.21. The zero-order chi connectivity index (χ0) is 23.8. The zero-order valence-corrected chi connectivity index (χ0v) is 19.4. The number of para-hydroxylation sites is 1. The summed E-state index contributed by atoms with van der Waals surface area (Å²) < 4.78 is 2.32. The first-order chi connectivity index (χ1) is 17.1. The highest BCUT2D eigenvalue weighted by atomic mass is 16.1. The highest BCUT2D eigenvalue weighted by molar-refractivity contribution is 5.84. The van der Waals surface area contributed by atoms with E-state index in [0.717, 1.165) is 42.9 Å². The number of anilines is 1. The Bertz CT molecular complexity index is 1550. The largest absolute Gasteiger partial charge is 0.399 e. The van der Waals surface area contributed by atoms with Crippen LogP contribution in [0.25, 0.3) is 22.3 Å². The number of benzene rings is 3. The van der Waals surface area contributed by atoms with Crippen LogP contribution < -0.4 is 11.3 Å². The number of hydrogen-bond acceptors (Lipinski definition) is 4. The van der Waals surface area contributed by atoms with E-state index in [0.29, 0.717) is 18.1 Å². The number of fused-ring (bicyclic) bond motifs is 2. The Labute approximate surface area is 203 Å². The molecular formula is C29H27N5O. The number of nitrogens with zero attached hydrogens (tertiary/aromatic N) is 3. The van der Waals surface area contributed by atoms with E-state index in [2.05, 4.69) is 69.2 Å². The van der Waals surface area contributed by atoms with Gasteiger partial charge in [-0.1, -0.05) is 48.5 Å². The van der Waals surface area contributed by atoms with Gasteiger partial charge in [-0.2, -0.15) is 0 Å². The molecule has 3 aromatic carbocycles. The SMILES string of the molecule is Nc1ccc(-c2nc3c(c(=O)[nH]2)CN(Cc2cn(Cc4ccccc4)c4ccccc24)CC3)cc1. The van der Waals surface area contributed by atoms with Crippen LogP contribution in [-0.4, -0.2) is 26.0 Å². The first-order valence-corrected chi connectivity index (χ1v) is 11.9.